The number of hydrogen-bond donors (Lipinski definition) is 0. The summed E-state index contributed by atoms with van der Waals surface area (Å²) in [5.74, 6) is 1.25. The number of carbonyl (C=O) groups excluding carboxylic acids is 1. The van der Waals surface area contributed by atoms with E-state index in [0.29, 0.717) is 39.0 Å². The van der Waals surface area contributed by atoms with Crippen molar-refractivity contribution in [1.82, 2.24) is 4.90 Å². The Bertz CT molecular complexity index is 779. The van der Waals surface area contributed by atoms with Crippen LogP contribution in [0.5, 0.6) is 11.5 Å². The SMILES string of the molecule is COc1ccc(CC(=O)N2CCC3(CC2)OCc2ccccc2O3)cc1. The molecule has 2 aliphatic heterocycles. The van der Waals surface area contributed by atoms with Gasteiger partial charge in [0.05, 0.1) is 20.1 Å². The van der Waals surface area contributed by atoms with Crippen molar-refractivity contribution in [3.05, 3.63) is 59.7 Å². The second kappa shape index (κ2) is 7.00. The summed E-state index contributed by atoms with van der Waals surface area (Å²) >= 11 is 0. The number of para-hydroxylation sites is 1. The van der Waals surface area contributed by atoms with Crippen LogP contribution >= 0.6 is 0 Å². The molecule has 0 aliphatic carbocycles. The third-order valence-corrected chi connectivity index (χ3v) is 5.15. The van der Waals surface area contributed by atoms with Gasteiger partial charge in [-0.1, -0.05) is 30.3 Å². The van der Waals surface area contributed by atoms with Crippen molar-refractivity contribution in [2.24, 2.45) is 0 Å². The fourth-order valence-electron chi connectivity index (χ4n) is 3.53. The lowest BCUT2D eigenvalue weighted by atomic mass is 10.0. The van der Waals surface area contributed by atoms with Crippen LogP contribution in [0.4, 0.5) is 0 Å². The van der Waals surface area contributed by atoms with Crippen LogP contribution in [0, 0.1) is 0 Å². The van der Waals surface area contributed by atoms with E-state index in [1.54, 1.807) is 7.11 Å². The normalized spacial score (nSPS) is 18.1. The van der Waals surface area contributed by atoms with Gasteiger partial charge in [-0.25, -0.2) is 0 Å². The van der Waals surface area contributed by atoms with Gasteiger partial charge in [0.2, 0.25) is 11.7 Å². The minimum atomic E-state index is -0.592. The monoisotopic (exact) mass is 353 g/mol. The molecule has 0 radical (unpaired) electrons. The molecule has 1 spiro atoms. The summed E-state index contributed by atoms with van der Waals surface area (Å²) in [5.41, 5.74) is 2.08. The topological polar surface area (TPSA) is 48.0 Å². The first-order valence-electron chi connectivity index (χ1n) is 8.99. The van der Waals surface area contributed by atoms with Gasteiger partial charge in [-0.15, -0.1) is 0 Å². The van der Waals surface area contributed by atoms with Crippen molar-refractivity contribution >= 4 is 5.91 Å². The number of methoxy groups -OCH3 is 1. The largest absolute Gasteiger partial charge is 0.497 e. The zero-order valence-corrected chi connectivity index (χ0v) is 14.9. The maximum absolute atomic E-state index is 12.6. The number of fused-ring (bicyclic) bond motifs is 1. The van der Waals surface area contributed by atoms with Gasteiger partial charge in [0.25, 0.3) is 0 Å². The van der Waals surface area contributed by atoms with Crippen LogP contribution in [0.3, 0.4) is 0 Å². The van der Waals surface area contributed by atoms with Crippen molar-refractivity contribution < 1.29 is 19.0 Å². The summed E-state index contributed by atoms with van der Waals surface area (Å²) < 4.78 is 17.3. The molecule has 2 aliphatic rings. The van der Waals surface area contributed by atoms with E-state index < -0.39 is 5.79 Å². The van der Waals surface area contributed by atoms with Crippen LogP contribution in [0.1, 0.15) is 24.0 Å². The summed E-state index contributed by atoms with van der Waals surface area (Å²) in [6.07, 6.45) is 1.78. The van der Waals surface area contributed by atoms with Crippen LogP contribution < -0.4 is 9.47 Å². The molecule has 2 heterocycles. The number of benzene rings is 2. The van der Waals surface area contributed by atoms with Gasteiger partial charge in [-0.2, -0.15) is 0 Å². The highest BCUT2D eigenvalue weighted by Crippen LogP contribution is 2.37. The molecular weight excluding hydrogens is 330 g/mol. The Balaban J connectivity index is 1.35. The second-order valence-corrected chi connectivity index (χ2v) is 6.81. The van der Waals surface area contributed by atoms with Crippen molar-refractivity contribution in [3.8, 4) is 11.5 Å². The number of rotatable bonds is 3. The predicted octanol–water partition coefficient (Wildman–Crippen LogP) is 3.17. The highest BCUT2D eigenvalue weighted by molar-refractivity contribution is 5.79. The number of hydrogen-bond acceptors (Lipinski definition) is 4. The lowest BCUT2D eigenvalue weighted by molar-refractivity contribution is -0.227. The van der Waals surface area contributed by atoms with Gasteiger partial charge in [-0.05, 0) is 23.8 Å². The van der Waals surface area contributed by atoms with E-state index in [2.05, 4.69) is 0 Å². The maximum Gasteiger partial charge on any atom is 0.226 e. The number of nitrogens with zero attached hydrogens (tertiary/aromatic N) is 1. The molecular formula is C21H23NO4. The smallest absolute Gasteiger partial charge is 0.226 e. The average molecular weight is 353 g/mol. The molecule has 2 aromatic rings. The minimum Gasteiger partial charge on any atom is -0.497 e. The predicted molar refractivity (Wildman–Crippen MR) is 97.1 cm³/mol. The Hall–Kier alpha value is -2.53. The fraction of sp³-hybridized carbons (Fsp3) is 0.381. The number of ether oxygens (including phenoxy) is 3. The Labute approximate surface area is 153 Å². The summed E-state index contributed by atoms with van der Waals surface area (Å²) in [7, 11) is 1.64. The van der Waals surface area contributed by atoms with Gasteiger partial charge >= 0.3 is 0 Å². The van der Waals surface area contributed by atoms with Crippen LogP contribution in [0.2, 0.25) is 0 Å². The second-order valence-electron chi connectivity index (χ2n) is 6.81. The molecule has 1 fully saturated rings. The molecule has 5 nitrogen and oxygen atoms in total. The van der Waals surface area contributed by atoms with E-state index >= 15 is 0 Å². The molecule has 5 heteroatoms. The summed E-state index contributed by atoms with van der Waals surface area (Å²) in [4.78, 5) is 14.5. The van der Waals surface area contributed by atoms with Crippen molar-refractivity contribution in [2.75, 3.05) is 20.2 Å². The number of carbonyl (C=O) groups is 1. The fourth-order valence-corrected chi connectivity index (χ4v) is 3.53. The number of piperidine rings is 1. The maximum atomic E-state index is 12.6. The van der Waals surface area contributed by atoms with Gasteiger partial charge in [0.15, 0.2) is 0 Å². The molecule has 0 bridgehead atoms. The highest BCUT2D eigenvalue weighted by atomic mass is 16.7. The standard InChI is InChI=1S/C21H23NO4/c1-24-18-8-6-16(7-9-18)14-20(23)22-12-10-21(11-13-22)25-15-17-4-2-3-5-19(17)26-21/h2-9H,10-15H2,1H3. The first-order valence-corrected chi connectivity index (χ1v) is 8.99. The van der Waals surface area contributed by atoms with E-state index in [-0.39, 0.29) is 5.91 Å². The number of amides is 1. The Kier molecular flexibility index (Phi) is 4.55. The molecule has 136 valence electrons. The molecule has 2 aromatic carbocycles. The van der Waals surface area contributed by atoms with Gasteiger partial charge in [0, 0.05) is 31.5 Å². The van der Waals surface area contributed by atoms with E-state index in [4.69, 9.17) is 14.2 Å². The first kappa shape index (κ1) is 16.9. The summed E-state index contributed by atoms with van der Waals surface area (Å²) in [6, 6.07) is 15.6. The van der Waals surface area contributed by atoms with Crippen molar-refractivity contribution in [3.63, 3.8) is 0 Å². The molecule has 0 aromatic heterocycles. The molecule has 0 unspecified atom stereocenters. The van der Waals surface area contributed by atoms with Gasteiger partial charge in [0.1, 0.15) is 11.5 Å². The first-order chi connectivity index (χ1) is 12.7. The Morgan fingerprint density at radius 1 is 1.12 bits per heavy atom. The van der Waals surface area contributed by atoms with E-state index in [1.165, 1.54) is 0 Å². The van der Waals surface area contributed by atoms with Gasteiger partial charge in [-0.3, -0.25) is 4.79 Å². The van der Waals surface area contributed by atoms with Crippen LogP contribution in [0.15, 0.2) is 48.5 Å². The third-order valence-electron chi connectivity index (χ3n) is 5.15. The Morgan fingerprint density at radius 3 is 2.58 bits per heavy atom. The lowest BCUT2D eigenvalue weighted by Gasteiger charge is -2.44. The molecule has 4 rings (SSSR count). The zero-order valence-electron chi connectivity index (χ0n) is 14.9. The van der Waals surface area contributed by atoms with Crippen LogP contribution in [0.25, 0.3) is 0 Å². The average Bonchev–Trinajstić information content (AvgIpc) is 2.69. The lowest BCUT2D eigenvalue weighted by Crippen LogP contribution is -2.52. The van der Waals surface area contributed by atoms with Crippen molar-refractivity contribution in [2.45, 2.75) is 31.7 Å². The molecule has 1 saturated heterocycles. The number of likely N-dealkylation sites (tertiary alicyclic amines) is 1. The third kappa shape index (κ3) is 3.40. The van der Waals surface area contributed by atoms with Crippen molar-refractivity contribution in [1.29, 1.82) is 0 Å². The zero-order chi connectivity index (χ0) is 18.0. The van der Waals surface area contributed by atoms with E-state index in [0.717, 1.165) is 22.6 Å². The molecule has 1 amide bonds. The van der Waals surface area contributed by atoms with Gasteiger partial charge < -0.3 is 19.1 Å². The molecule has 26 heavy (non-hydrogen) atoms. The molecule has 0 saturated carbocycles. The minimum absolute atomic E-state index is 0.140. The Morgan fingerprint density at radius 2 is 1.85 bits per heavy atom. The quantitative estimate of drug-likeness (QED) is 0.850. The van der Waals surface area contributed by atoms with E-state index in [9.17, 15) is 4.79 Å². The summed E-state index contributed by atoms with van der Waals surface area (Å²) in [5, 5.41) is 0. The van der Waals surface area contributed by atoms with Crippen LogP contribution in [-0.4, -0.2) is 36.8 Å². The molecule has 0 atom stereocenters. The summed E-state index contributed by atoms with van der Waals surface area (Å²) in [6.45, 7) is 1.87. The van der Waals surface area contributed by atoms with Crippen LogP contribution in [-0.2, 0) is 22.6 Å². The van der Waals surface area contributed by atoms with E-state index in [1.807, 2.05) is 53.4 Å². The highest BCUT2D eigenvalue weighted by Gasteiger charge is 2.41. The molecule has 0 N–H and O–H groups in total.